The molecule has 0 aliphatic carbocycles. The van der Waals surface area contributed by atoms with E-state index in [1.165, 1.54) is 0 Å². The number of likely N-dealkylation sites (tertiary alicyclic amines) is 1. The van der Waals surface area contributed by atoms with Crippen LogP contribution in [0.15, 0.2) is 12.3 Å². The van der Waals surface area contributed by atoms with Gasteiger partial charge in [-0.3, -0.25) is 9.48 Å². The first-order chi connectivity index (χ1) is 12.5. The lowest BCUT2D eigenvalue weighted by molar-refractivity contribution is -0.192. The lowest BCUT2D eigenvalue weighted by Gasteiger charge is -2.48. The molecule has 8 nitrogen and oxygen atoms in total. The van der Waals surface area contributed by atoms with Crippen LogP contribution >= 0.6 is 0 Å². The Morgan fingerprint density at radius 3 is 2.52 bits per heavy atom. The van der Waals surface area contributed by atoms with E-state index in [1.807, 2.05) is 0 Å². The Kier molecular flexibility index (Phi) is 6.47. The van der Waals surface area contributed by atoms with Gasteiger partial charge in [0, 0.05) is 39.5 Å². The zero-order valence-electron chi connectivity index (χ0n) is 15.1. The summed E-state index contributed by atoms with van der Waals surface area (Å²) in [6.07, 6.45) is -1.36. The summed E-state index contributed by atoms with van der Waals surface area (Å²) >= 11 is 0. The second-order valence-corrected chi connectivity index (χ2v) is 6.76. The van der Waals surface area contributed by atoms with Gasteiger partial charge in [-0.2, -0.15) is 18.3 Å². The van der Waals surface area contributed by atoms with Gasteiger partial charge in [0.05, 0.1) is 5.60 Å². The Hall–Kier alpha value is -2.14. The average molecular weight is 392 g/mol. The number of rotatable bonds is 4. The minimum atomic E-state index is -5.08. The molecule has 0 bridgehead atoms. The molecule has 27 heavy (non-hydrogen) atoms. The molecule has 2 N–H and O–H groups in total. The number of amides is 1. The maximum Gasteiger partial charge on any atom is 0.490 e. The van der Waals surface area contributed by atoms with E-state index in [1.54, 1.807) is 24.0 Å². The third kappa shape index (κ3) is 5.19. The highest BCUT2D eigenvalue weighted by atomic mass is 19.4. The summed E-state index contributed by atoms with van der Waals surface area (Å²) in [7, 11) is 3.90. The van der Waals surface area contributed by atoms with Gasteiger partial charge in [-0.25, -0.2) is 4.79 Å². The first-order valence-corrected chi connectivity index (χ1v) is 8.44. The number of carbonyl (C=O) groups is 2. The number of aromatic nitrogens is 2. The largest absolute Gasteiger partial charge is 0.490 e. The van der Waals surface area contributed by atoms with Crippen LogP contribution in [0.5, 0.6) is 0 Å². The van der Waals surface area contributed by atoms with E-state index in [-0.39, 0.29) is 11.5 Å². The predicted molar refractivity (Wildman–Crippen MR) is 88.1 cm³/mol. The number of ether oxygens (including phenoxy) is 1. The van der Waals surface area contributed by atoms with Crippen molar-refractivity contribution in [2.24, 2.45) is 13.0 Å². The number of alkyl halides is 3. The maximum atomic E-state index is 12.0. The van der Waals surface area contributed by atoms with Crippen molar-refractivity contribution in [3.8, 4) is 0 Å². The molecule has 1 aromatic rings. The van der Waals surface area contributed by atoms with Crippen LogP contribution in [0.1, 0.15) is 23.3 Å². The number of aryl methyl sites for hydroxylation is 1. The summed E-state index contributed by atoms with van der Waals surface area (Å²) in [5, 5.41) is 14.1. The van der Waals surface area contributed by atoms with Crippen molar-refractivity contribution in [3.05, 3.63) is 18.0 Å². The van der Waals surface area contributed by atoms with Crippen molar-refractivity contribution in [1.82, 2.24) is 20.0 Å². The van der Waals surface area contributed by atoms with Gasteiger partial charge in [0.2, 0.25) is 0 Å². The number of carboxylic acids is 1. The summed E-state index contributed by atoms with van der Waals surface area (Å²) in [6.45, 7) is 3.60. The lowest BCUT2D eigenvalue weighted by Crippen LogP contribution is -2.63. The molecule has 2 aliphatic rings. The van der Waals surface area contributed by atoms with Gasteiger partial charge in [0.15, 0.2) is 0 Å². The fourth-order valence-electron chi connectivity index (χ4n) is 3.46. The fourth-order valence-corrected chi connectivity index (χ4v) is 3.46. The van der Waals surface area contributed by atoms with E-state index in [2.05, 4.69) is 22.4 Å². The fraction of sp³-hybridized carbons (Fsp3) is 0.688. The molecule has 0 radical (unpaired) electrons. The highest BCUT2D eigenvalue weighted by molar-refractivity contribution is 5.92. The molecule has 1 atom stereocenters. The van der Waals surface area contributed by atoms with Crippen LogP contribution in [0, 0.1) is 5.92 Å². The second-order valence-electron chi connectivity index (χ2n) is 6.76. The molecule has 1 unspecified atom stereocenters. The Morgan fingerprint density at radius 1 is 1.41 bits per heavy atom. The minimum Gasteiger partial charge on any atom is -0.475 e. The molecule has 2 fully saturated rings. The zero-order chi connectivity index (χ0) is 20.2. The van der Waals surface area contributed by atoms with Crippen LogP contribution in [0.25, 0.3) is 0 Å². The van der Waals surface area contributed by atoms with E-state index in [0.29, 0.717) is 18.2 Å². The second kappa shape index (κ2) is 8.26. The Morgan fingerprint density at radius 2 is 2.04 bits per heavy atom. The van der Waals surface area contributed by atoms with Gasteiger partial charge in [0.25, 0.3) is 5.91 Å². The lowest BCUT2D eigenvalue weighted by atomic mass is 9.79. The number of nitrogens with one attached hydrogen (secondary N) is 1. The molecule has 2 aliphatic heterocycles. The highest BCUT2D eigenvalue weighted by Crippen LogP contribution is 2.40. The minimum absolute atomic E-state index is 0.0521. The smallest absolute Gasteiger partial charge is 0.475 e. The normalized spacial score (nSPS) is 21.3. The van der Waals surface area contributed by atoms with Gasteiger partial charge in [-0.15, -0.1) is 0 Å². The molecule has 3 heterocycles. The van der Waals surface area contributed by atoms with Gasteiger partial charge in [-0.1, -0.05) is 0 Å². The number of hydrogen-bond donors (Lipinski definition) is 2. The highest BCUT2D eigenvalue weighted by Gasteiger charge is 2.51. The van der Waals surface area contributed by atoms with Crippen molar-refractivity contribution in [3.63, 3.8) is 0 Å². The first-order valence-electron chi connectivity index (χ1n) is 8.44. The molecule has 0 saturated carbocycles. The van der Waals surface area contributed by atoms with Crippen molar-refractivity contribution in [2.45, 2.75) is 24.6 Å². The van der Waals surface area contributed by atoms with Crippen LogP contribution in [-0.2, 0) is 16.6 Å². The Balaban J connectivity index is 0.000000321. The summed E-state index contributed by atoms with van der Waals surface area (Å²) in [4.78, 5) is 23.2. The molecule has 11 heteroatoms. The molecular formula is C16H23F3N4O4. The molecule has 152 valence electrons. The molecule has 0 aromatic carbocycles. The maximum absolute atomic E-state index is 12.0. The quantitative estimate of drug-likeness (QED) is 0.790. The van der Waals surface area contributed by atoms with Gasteiger partial charge >= 0.3 is 12.1 Å². The molecule has 1 aromatic heterocycles. The average Bonchev–Trinajstić information content (AvgIpc) is 3.13. The zero-order valence-corrected chi connectivity index (χ0v) is 15.1. The molecular weight excluding hydrogens is 369 g/mol. The Labute approximate surface area is 154 Å². The predicted octanol–water partition coefficient (Wildman–Crippen LogP) is 0.894. The number of carbonyl (C=O) groups excluding carboxylic acids is 1. The number of hydrogen-bond acceptors (Lipinski definition) is 5. The third-order valence-electron chi connectivity index (χ3n) is 4.75. The van der Waals surface area contributed by atoms with Crippen LogP contribution in [0.2, 0.25) is 0 Å². The van der Waals surface area contributed by atoms with Gasteiger partial charge < -0.3 is 20.1 Å². The summed E-state index contributed by atoms with van der Waals surface area (Å²) < 4.78 is 39.3. The van der Waals surface area contributed by atoms with E-state index in [4.69, 9.17) is 14.6 Å². The number of aliphatic carboxylic acids is 1. The van der Waals surface area contributed by atoms with Crippen LogP contribution in [0.4, 0.5) is 13.2 Å². The number of likely N-dealkylation sites (N-methyl/N-ethyl adjacent to an activating group) is 1. The molecule has 1 spiro atoms. The van der Waals surface area contributed by atoms with E-state index >= 15 is 0 Å². The van der Waals surface area contributed by atoms with Crippen molar-refractivity contribution in [2.75, 3.05) is 33.3 Å². The van der Waals surface area contributed by atoms with E-state index in [9.17, 15) is 18.0 Å². The first kappa shape index (κ1) is 21.2. The molecule has 3 rings (SSSR count). The number of carboxylic acid groups (broad SMARTS) is 1. The summed E-state index contributed by atoms with van der Waals surface area (Å²) in [5.74, 6) is -2.25. The van der Waals surface area contributed by atoms with Crippen LogP contribution < -0.4 is 5.32 Å². The summed E-state index contributed by atoms with van der Waals surface area (Å²) in [5.41, 5.74) is 0.664. The van der Waals surface area contributed by atoms with Crippen LogP contribution in [0.3, 0.4) is 0 Å². The van der Waals surface area contributed by atoms with Gasteiger partial charge in [-0.05, 0) is 31.9 Å². The van der Waals surface area contributed by atoms with Crippen molar-refractivity contribution >= 4 is 11.9 Å². The van der Waals surface area contributed by atoms with Crippen molar-refractivity contribution in [1.29, 1.82) is 0 Å². The topological polar surface area (TPSA) is 96.7 Å². The molecule has 2 saturated heterocycles. The number of halogens is 3. The Bertz CT molecular complexity index is 671. The van der Waals surface area contributed by atoms with Crippen molar-refractivity contribution < 1.29 is 32.6 Å². The van der Waals surface area contributed by atoms with Crippen LogP contribution in [-0.4, -0.2) is 76.7 Å². The SMILES string of the molecule is CN1CC2(C1)OCCC2CCNC(=O)c1ccnn1C.O=C(O)C(F)(F)F. The summed E-state index contributed by atoms with van der Waals surface area (Å²) in [6, 6.07) is 1.73. The monoisotopic (exact) mass is 392 g/mol. The van der Waals surface area contributed by atoms with Gasteiger partial charge in [0.1, 0.15) is 5.69 Å². The number of nitrogens with zero attached hydrogens (tertiary/aromatic N) is 3. The van der Waals surface area contributed by atoms with E-state index < -0.39 is 12.1 Å². The molecule has 1 amide bonds. The standard InChI is InChI=1S/C14H22N4O2.C2HF3O2/c1-17-9-14(10-17)11(5-8-20-14)3-6-15-13(19)12-4-7-16-18(12)2;3-2(4,5)1(6)7/h4,7,11H,3,5-6,8-10H2,1-2H3,(H,15,19);(H,6,7). The van der Waals surface area contributed by atoms with E-state index in [0.717, 1.165) is 32.5 Å². The third-order valence-corrected chi connectivity index (χ3v) is 4.75.